The molecular formula is C19H27NO2. The molecule has 0 unspecified atom stereocenters. The predicted octanol–water partition coefficient (Wildman–Crippen LogP) is 3.66. The second-order valence-corrected chi connectivity index (χ2v) is 7.00. The quantitative estimate of drug-likeness (QED) is 0.777. The monoisotopic (exact) mass is 301 g/mol. The Bertz CT molecular complexity index is 523. The molecule has 120 valence electrons. The van der Waals surface area contributed by atoms with E-state index in [0.29, 0.717) is 24.5 Å². The summed E-state index contributed by atoms with van der Waals surface area (Å²) in [6, 6.07) is 11.1. The summed E-state index contributed by atoms with van der Waals surface area (Å²) in [7, 11) is 0. The Morgan fingerprint density at radius 3 is 2.59 bits per heavy atom. The average molecular weight is 301 g/mol. The second-order valence-electron chi connectivity index (χ2n) is 7.00. The van der Waals surface area contributed by atoms with Gasteiger partial charge in [0.1, 0.15) is 0 Å². The van der Waals surface area contributed by atoms with Crippen LogP contribution in [-0.2, 0) is 9.53 Å². The Balaban J connectivity index is 1.71. The first-order valence-corrected chi connectivity index (χ1v) is 8.54. The molecule has 3 rings (SSSR count). The minimum atomic E-state index is -0.180. The van der Waals surface area contributed by atoms with Gasteiger partial charge < -0.3 is 4.74 Å². The number of esters is 1. The summed E-state index contributed by atoms with van der Waals surface area (Å²) in [5, 5.41) is 0. The van der Waals surface area contributed by atoms with Crippen molar-refractivity contribution < 1.29 is 9.53 Å². The van der Waals surface area contributed by atoms with Crippen LogP contribution in [0.15, 0.2) is 30.3 Å². The van der Waals surface area contributed by atoms with Crippen molar-refractivity contribution in [3.05, 3.63) is 35.9 Å². The topological polar surface area (TPSA) is 29.5 Å². The normalized spacial score (nSPS) is 28.3. The van der Waals surface area contributed by atoms with E-state index in [1.807, 2.05) is 6.92 Å². The summed E-state index contributed by atoms with van der Waals surface area (Å²) >= 11 is 0. The Morgan fingerprint density at radius 2 is 2.00 bits per heavy atom. The van der Waals surface area contributed by atoms with E-state index in [-0.39, 0.29) is 11.4 Å². The fourth-order valence-electron chi connectivity index (χ4n) is 4.12. The van der Waals surface area contributed by atoms with E-state index in [1.165, 1.54) is 5.56 Å². The molecule has 0 radical (unpaired) electrons. The number of hydrogen-bond acceptors (Lipinski definition) is 3. The molecule has 1 aromatic carbocycles. The summed E-state index contributed by atoms with van der Waals surface area (Å²) in [4.78, 5) is 14.9. The van der Waals surface area contributed by atoms with Crippen molar-refractivity contribution in [1.82, 2.24) is 4.90 Å². The van der Waals surface area contributed by atoms with Crippen molar-refractivity contribution in [2.45, 2.75) is 39.7 Å². The van der Waals surface area contributed by atoms with E-state index >= 15 is 0 Å². The molecule has 0 N–H and O–H groups in total. The van der Waals surface area contributed by atoms with Crippen molar-refractivity contribution >= 4 is 5.97 Å². The lowest BCUT2D eigenvalue weighted by molar-refractivity contribution is -0.152. The molecule has 0 amide bonds. The highest BCUT2D eigenvalue weighted by Crippen LogP contribution is 2.57. The Hall–Kier alpha value is -1.35. The summed E-state index contributed by atoms with van der Waals surface area (Å²) in [6.07, 6.45) is 2.02. The number of carbonyl (C=O) groups is 1. The molecule has 0 aromatic heterocycles. The molecule has 1 aromatic rings. The number of benzene rings is 1. The van der Waals surface area contributed by atoms with E-state index in [1.54, 1.807) is 0 Å². The van der Waals surface area contributed by atoms with E-state index in [9.17, 15) is 4.79 Å². The Labute approximate surface area is 133 Å². The van der Waals surface area contributed by atoms with Crippen molar-refractivity contribution in [1.29, 1.82) is 0 Å². The van der Waals surface area contributed by atoms with Crippen molar-refractivity contribution in [2.24, 2.45) is 17.3 Å². The number of nitrogens with zero attached hydrogens (tertiary/aromatic N) is 1. The zero-order valence-electron chi connectivity index (χ0n) is 13.9. The zero-order chi connectivity index (χ0) is 15.7. The maximum atomic E-state index is 12.4. The average Bonchev–Trinajstić information content (AvgIpc) is 3.25. The molecule has 1 aliphatic heterocycles. The van der Waals surface area contributed by atoms with Crippen LogP contribution in [-0.4, -0.2) is 30.6 Å². The molecule has 2 fully saturated rings. The fraction of sp³-hybridized carbons (Fsp3) is 0.632. The number of ether oxygens (including phenoxy) is 1. The molecular weight excluding hydrogens is 274 g/mol. The largest absolute Gasteiger partial charge is 0.466 e. The van der Waals surface area contributed by atoms with Crippen LogP contribution in [0, 0.1) is 17.3 Å². The van der Waals surface area contributed by atoms with E-state index in [4.69, 9.17) is 4.74 Å². The highest BCUT2D eigenvalue weighted by molar-refractivity contribution is 5.80. The highest BCUT2D eigenvalue weighted by atomic mass is 16.5. The van der Waals surface area contributed by atoms with Crippen LogP contribution in [0.2, 0.25) is 0 Å². The Morgan fingerprint density at radius 1 is 1.32 bits per heavy atom. The van der Waals surface area contributed by atoms with Gasteiger partial charge in [-0.25, -0.2) is 0 Å². The van der Waals surface area contributed by atoms with Crippen LogP contribution in [0.5, 0.6) is 0 Å². The van der Waals surface area contributed by atoms with Crippen LogP contribution < -0.4 is 0 Å². The van der Waals surface area contributed by atoms with Gasteiger partial charge in [0.15, 0.2) is 0 Å². The molecule has 1 saturated heterocycles. The van der Waals surface area contributed by atoms with Gasteiger partial charge in [-0.15, -0.1) is 0 Å². The van der Waals surface area contributed by atoms with Gasteiger partial charge >= 0.3 is 5.97 Å². The summed E-state index contributed by atoms with van der Waals surface area (Å²) in [6.45, 7) is 9.04. The molecule has 0 spiro atoms. The molecule has 3 heteroatoms. The smallest absolute Gasteiger partial charge is 0.312 e. The van der Waals surface area contributed by atoms with Gasteiger partial charge in [-0.05, 0) is 44.1 Å². The lowest BCUT2D eigenvalue weighted by atomic mass is 9.82. The number of hydrogen-bond donors (Lipinski definition) is 0. The molecule has 1 aliphatic carbocycles. The second kappa shape index (κ2) is 6.04. The van der Waals surface area contributed by atoms with Gasteiger partial charge in [-0.1, -0.05) is 37.3 Å². The zero-order valence-corrected chi connectivity index (χ0v) is 13.9. The first-order valence-electron chi connectivity index (χ1n) is 8.54. The van der Waals surface area contributed by atoms with Crippen LogP contribution in [0.25, 0.3) is 0 Å². The van der Waals surface area contributed by atoms with Crippen molar-refractivity contribution in [3.8, 4) is 0 Å². The maximum Gasteiger partial charge on any atom is 0.312 e. The third-order valence-electron chi connectivity index (χ3n) is 5.65. The molecule has 3 atom stereocenters. The molecule has 3 nitrogen and oxygen atoms in total. The maximum absolute atomic E-state index is 12.4. The first-order chi connectivity index (χ1) is 10.6. The summed E-state index contributed by atoms with van der Waals surface area (Å²) in [5.74, 6) is 1.04. The molecule has 1 saturated carbocycles. The van der Waals surface area contributed by atoms with Gasteiger partial charge in [0, 0.05) is 19.1 Å². The number of rotatable bonds is 5. The highest BCUT2D eigenvalue weighted by Gasteiger charge is 2.60. The van der Waals surface area contributed by atoms with Crippen LogP contribution in [0.1, 0.15) is 45.2 Å². The third kappa shape index (κ3) is 2.67. The van der Waals surface area contributed by atoms with Gasteiger partial charge in [0.05, 0.1) is 12.0 Å². The lowest BCUT2D eigenvalue weighted by Crippen LogP contribution is -2.32. The van der Waals surface area contributed by atoms with Crippen molar-refractivity contribution in [3.63, 3.8) is 0 Å². The molecule has 1 heterocycles. The Kier molecular flexibility index (Phi) is 4.26. The summed E-state index contributed by atoms with van der Waals surface area (Å²) in [5.41, 5.74) is 1.18. The summed E-state index contributed by atoms with van der Waals surface area (Å²) < 4.78 is 5.35. The van der Waals surface area contributed by atoms with Gasteiger partial charge in [-0.3, -0.25) is 9.69 Å². The lowest BCUT2D eigenvalue weighted by Gasteiger charge is -2.26. The van der Waals surface area contributed by atoms with Crippen LogP contribution in [0.4, 0.5) is 0 Å². The number of carbonyl (C=O) groups excluding carboxylic acids is 1. The molecule has 22 heavy (non-hydrogen) atoms. The minimum Gasteiger partial charge on any atom is -0.466 e. The van der Waals surface area contributed by atoms with Crippen molar-refractivity contribution in [2.75, 3.05) is 19.7 Å². The van der Waals surface area contributed by atoms with Gasteiger partial charge in [0.2, 0.25) is 0 Å². The SMILES string of the molecule is CCOC(=O)C1([C@H]2CN([C@@H](C)c3ccccc3)C[C@@H]2C)CC1. The minimum absolute atomic E-state index is 0.0427. The van der Waals surface area contributed by atoms with E-state index in [0.717, 1.165) is 25.9 Å². The van der Waals surface area contributed by atoms with Gasteiger partial charge in [0.25, 0.3) is 0 Å². The van der Waals surface area contributed by atoms with Gasteiger partial charge in [-0.2, -0.15) is 0 Å². The predicted molar refractivity (Wildman–Crippen MR) is 87.4 cm³/mol. The fourth-order valence-corrected chi connectivity index (χ4v) is 4.12. The third-order valence-corrected chi connectivity index (χ3v) is 5.65. The van der Waals surface area contributed by atoms with E-state index < -0.39 is 0 Å². The molecule has 0 bridgehead atoms. The molecule has 2 aliphatic rings. The standard InChI is InChI=1S/C19H27NO2/c1-4-22-18(21)19(10-11-19)17-13-20(12-14(17)2)15(3)16-8-6-5-7-9-16/h5-9,14-15,17H,4,10-13H2,1-3H3/t14-,15-,17-/m0/s1. The van der Waals surface area contributed by atoms with Crippen LogP contribution >= 0.6 is 0 Å². The van der Waals surface area contributed by atoms with Crippen LogP contribution in [0.3, 0.4) is 0 Å². The number of likely N-dealkylation sites (tertiary alicyclic amines) is 1. The first kappa shape index (κ1) is 15.5. The van der Waals surface area contributed by atoms with E-state index in [2.05, 4.69) is 49.1 Å².